The minimum atomic E-state index is 0.121. The lowest BCUT2D eigenvalue weighted by atomic mass is 9.89. The van der Waals surface area contributed by atoms with Gasteiger partial charge in [0.25, 0.3) is 0 Å². The van der Waals surface area contributed by atoms with Gasteiger partial charge in [0.2, 0.25) is 5.91 Å². The Bertz CT molecular complexity index is 810. The van der Waals surface area contributed by atoms with Crippen LogP contribution in [0.5, 0.6) is 5.75 Å². The van der Waals surface area contributed by atoms with Gasteiger partial charge in [-0.25, -0.2) is 4.98 Å². The first-order valence-electron chi connectivity index (χ1n) is 10.6. The lowest BCUT2D eigenvalue weighted by molar-refractivity contribution is -0.120. The monoisotopic (exact) mass is 394 g/mol. The molecule has 2 heterocycles. The number of ether oxygens (including phenoxy) is 1. The molecule has 1 aliphatic carbocycles. The Labute approximate surface area is 172 Å². The standard InChI is InChI=1S/C23H30N4O2/c1-29-21-10-6-5-9-20(21)27-15-13-26(14-16-27)19-11-12-22(24-17-19)25-23(28)18-7-3-2-4-8-18/h5-6,9-12,17-18H,2-4,7-8,13-16H2,1H3,(H,24,25,28). The van der Waals surface area contributed by atoms with Gasteiger partial charge >= 0.3 is 0 Å². The summed E-state index contributed by atoms with van der Waals surface area (Å²) in [5.74, 6) is 1.83. The van der Waals surface area contributed by atoms with Crippen LogP contribution < -0.4 is 19.9 Å². The minimum absolute atomic E-state index is 0.121. The molecule has 154 valence electrons. The molecule has 0 unspecified atom stereocenters. The van der Waals surface area contributed by atoms with Crippen LogP contribution in [0.4, 0.5) is 17.2 Å². The average molecular weight is 395 g/mol. The van der Waals surface area contributed by atoms with Crippen LogP contribution in [0.3, 0.4) is 0 Å². The third-order valence-corrected chi connectivity index (χ3v) is 6.05. The second kappa shape index (κ2) is 9.16. The van der Waals surface area contributed by atoms with E-state index in [1.165, 1.54) is 6.42 Å². The van der Waals surface area contributed by atoms with Gasteiger partial charge in [0.1, 0.15) is 11.6 Å². The minimum Gasteiger partial charge on any atom is -0.495 e. The fourth-order valence-corrected chi connectivity index (χ4v) is 4.34. The maximum Gasteiger partial charge on any atom is 0.228 e. The summed E-state index contributed by atoms with van der Waals surface area (Å²) >= 11 is 0. The van der Waals surface area contributed by atoms with Crippen molar-refractivity contribution in [2.24, 2.45) is 5.92 Å². The number of hydrogen-bond donors (Lipinski definition) is 1. The van der Waals surface area contributed by atoms with E-state index in [1.807, 2.05) is 24.4 Å². The van der Waals surface area contributed by atoms with Gasteiger partial charge in [-0.2, -0.15) is 0 Å². The number of carbonyl (C=O) groups excluding carboxylic acids is 1. The van der Waals surface area contributed by atoms with Crippen molar-refractivity contribution in [1.29, 1.82) is 0 Å². The molecule has 1 aliphatic heterocycles. The molecule has 0 bridgehead atoms. The fourth-order valence-electron chi connectivity index (χ4n) is 4.34. The van der Waals surface area contributed by atoms with E-state index in [1.54, 1.807) is 7.11 Å². The smallest absolute Gasteiger partial charge is 0.228 e. The number of rotatable bonds is 5. The van der Waals surface area contributed by atoms with Crippen molar-refractivity contribution in [3.63, 3.8) is 0 Å². The number of pyridine rings is 1. The van der Waals surface area contributed by atoms with Crippen molar-refractivity contribution in [2.75, 3.05) is 48.4 Å². The van der Waals surface area contributed by atoms with Crippen molar-refractivity contribution in [1.82, 2.24) is 4.98 Å². The number of nitrogens with one attached hydrogen (secondary N) is 1. The Morgan fingerprint density at radius 3 is 2.41 bits per heavy atom. The van der Waals surface area contributed by atoms with E-state index >= 15 is 0 Å². The van der Waals surface area contributed by atoms with E-state index in [9.17, 15) is 4.79 Å². The first kappa shape index (κ1) is 19.6. The Kier molecular flexibility index (Phi) is 6.17. The molecule has 6 nitrogen and oxygen atoms in total. The molecule has 29 heavy (non-hydrogen) atoms. The number of benzene rings is 1. The molecule has 0 radical (unpaired) electrons. The summed E-state index contributed by atoms with van der Waals surface area (Å²) in [4.78, 5) is 21.6. The quantitative estimate of drug-likeness (QED) is 0.833. The summed E-state index contributed by atoms with van der Waals surface area (Å²) in [6.07, 6.45) is 7.44. The van der Waals surface area contributed by atoms with Crippen LogP contribution in [0.1, 0.15) is 32.1 Å². The predicted molar refractivity (Wildman–Crippen MR) is 117 cm³/mol. The van der Waals surface area contributed by atoms with Crippen LogP contribution in [0.25, 0.3) is 0 Å². The summed E-state index contributed by atoms with van der Waals surface area (Å²) in [6.45, 7) is 3.71. The van der Waals surface area contributed by atoms with Gasteiger partial charge in [-0.15, -0.1) is 0 Å². The normalized spacial score (nSPS) is 17.8. The van der Waals surface area contributed by atoms with Crippen molar-refractivity contribution in [3.05, 3.63) is 42.6 Å². The number of aromatic nitrogens is 1. The number of anilines is 3. The molecule has 1 aromatic heterocycles. The zero-order valence-electron chi connectivity index (χ0n) is 17.1. The number of para-hydroxylation sites is 2. The molecule has 2 aliphatic rings. The molecule has 4 rings (SSSR count). The second-order valence-electron chi connectivity index (χ2n) is 7.87. The van der Waals surface area contributed by atoms with Crippen molar-refractivity contribution >= 4 is 23.1 Å². The van der Waals surface area contributed by atoms with Gasteiger partial charge in [-0.1, -0.05) is 31.4 Å². The molecule has 1 saturated heterocycles. The molecule has 1 N–H and O–H groups in total. The van der Waals surface area contributed by atoms with Crippen LogP contribution in [0.15, 0.2) is 42.6 Å². The second-order valence-corrected chi connectivity index (χ2v) is 7.87. The molecular weight excluding hydrogens is 364 g/mol. The van der Waals surface area contributed by atoms with E-state index in [2.05, 4.69) is 38.3 Å². The van der Waals surface area contributed by atoms with Gasteiger partial charge in [-0.05, 0) is 37.1 Å². The zero-order chi connectivity index (χ0) is 20.1. The van der Waals surface area contributed by atoms with Gasteiger partial charge in [-0.3, -0.25) is 4.79 Å². The van der Waals surface area contributed by atoms with E-state index in [0.29, 0.717) is 5.82 Å². The maximum atomic E-state index is 12.4. The Morgan fingerprint density at radius 1 is 1.00 bits per heavy atom. The zero-order valence-corrected chi connectivity index (χ0v) is 17.1. The van der Waals surface area contributed by atoms with E-state index in [0.717, 1.165) is 69.0 Å². The lowest BCUT2D eigenvalue weighted by Crippen LogP contribution is -2.46. The van der Waals surface area contributed by atoms with Crippen LogP contribution >= 0.6 is 0 Å². The Morgan fingerprint density at radius 2 is 1.72 bits per heavy atom. The third-order valence-electron chi connectivity index (χ3n) is 6.05. The highest BCUT2D eigenvalue weighted by molar-refractivity contribution is 5.91. The van der Waals surface area contributed by atoms with Crippen molar-refractivity contribution in [2.45, 2.75) is 32.1 Å². The third kappa shape index (κ3) is 4.63. The number of carbonyl (C=O) groups is 1. The van der Waals surface area contributed by atoms with Crippen LogP contribution in [0, 0.1) is 5.92 Å². The summed E-state index contributed by atoms with van der Waals surface area (Å²) in [5, 5.41) is 2.99. The highest BCUT2D eigenvalue weighted by Gasteiger charge is 2.22. The molecular formula is C23H30N4O2. The fraction of sp³-hybridized carbons (Fsp3) is 0.478. The van der Waals surface area contributed by atoms with Crippen LogP contribution in [0.2, 0.25) is 0 Å². The number of hydrogen-bond acceptors (Lipinski definition) is 5. The molecule has 2 fully saturated rings. The number of nitrogens with zero attached hydrogens (tertiary/aromatic N) is 3. The summed E-state index contributed by atoms with van der Waals surface area (Å²) in [6, 6.07) is 12.1. The number of amides is 1. The molecule has 1 saturated carbocycles. The predicted octanol–water partition coefficient (Wildman–Crippen LogP) is 3.94. The van der Waals surface area contributed by atoms with E-state index < -0.39 is 0 Å². The van der Waals surface area contributed by atoms with Gasteiger partial charge < -0.3 is 19.9 Å². The van der Waals surface area contributed by atoms with Crippen LogP contribution in [-0.4, -0.2) is 44.2 Å². The van der Waals surface area contributed by atoms with Crippen molar-refractivity contribution < 1.29 is 9.53 Å². The number of methoxy groups -OCH3 is 1. The molecule has 1 amide bonds. The topological polar surface area (TPSA) is 57.7 Å². The highest BCUT2D eigenvalue weighted by Crippen LogP contribution is 2.29. The Balaban J connectivity index is 1.32. The summed E-state index contributed by atoms with van der Waals surface area (Å²) in [7, 11) is 1.72. The van der Waals surface area contributed by atoms with E-state index in [4.69, 9.17) is 4.74 Å². The number of piperazine rings is 1. The molecule has 0 spiro atoms. The first-order valence-corrected chi connectivity index (χ1v) is 10.6. The van der Waals surface area contributed by atoms with Gasteiger partial charge in [0, 0.05) is 32.1 Å². The molecule has 2 aromatic rings. The van der Waals surface area contributed by atoms with Gasteiger partial charge in [0.05, 0.1) is 24.7 Å². The maximum absolute atomic E-state index is 12.4. The average Bonchev–Trinajstić information content (AvgIpc) is 2.80. The molecule has 1 aromatic carbocycles. The summed E-state index contributed by atoms with van der Waals surface area (Å²) in [5.41, 5.74) is 2.24. The largest absolute Gasteiger partial charge is 0.495 e. The summed E-state index contributed by atoms with van der Waals surface area (Å²) < 4.78 is 5.50. The van der Waals surface area contributed by atoms with Crippen LogP contribution in [-0.2, 0) is 4.79 Å². The molecule has 0 atom stereocenters. The Hall–Kier alpha value is -2.76. The van der Waals surface area contributed by atoms with E-state index in [-0.39, 0.29) is 11.8 Å². The molecule has 6 heteroatoms. The van der Waals surface area contributed by atoms with Gasteiger partial charge in [0.15, 0.2) is 0 Å². The first-order chi connectivity index (χ1) is 14.2. The SMILES string of the molecule is COc1ccccc1N1CCN(c2ccc(NC(=O)C3CCCCC3)nc2)CC1. The lowest BCUT2D eigenvalue weighted by Gasteiger charge is -2.37. The highest BCUT2D eigenvalue weighted by atomic mass is 16.5. The van der Waals surface area contributed by atoms with Crippen molar-refractivity contribution in [3.8, 4) is 5.75 Å².